The minimum atomic E-state index is 0. The monoisotopic (exact) mass is 1040 g/mol. The topological polar surface area (TPSA) is 0 Å². The molecule has 2 saturated carbocycles. The molecule has 0 saturated heterocycles. The van der Waals surface area contributed by atoms with Crippen LogP contribution in [0.5, 0.6) is 0 Å². The van der Waals surface area contributed by atoms with Crippen molar-refractivity contribution in [2.24, 2.45) is 65.1 Å². The van der Waals surface area contributed by atoms with Crippen LogP contribution in [0.4, 0.5) is 0 Å². The number of aryl methyl sites for hydroxylation is 2. The number of benzene rings is 1. The Morgan fingerprint density at radius 1 is 0.297 bits per heavy atom. The molecule has 2 fully saturated rings. The summed E-state index contributed by atoms with van der Waals surface area (Å²) in [6.45, 7) is 36.7. The van der Waals surface area contributed by atoms with Gasteiger partial charge in [-0.05, 0) is 233 Å². The molecule has 0 N–H and O–H groups in total. The molecule has 0 aliphatic heterocycles. The van der Waals surface area contributed by atoms with Crippen LogP contribution in [-0.2, 0) is 12.8 Å². The molecule has 0 amide bonds. The maximum atomic E-state index is 2.37. The lowest BCUT2D eigenvalue weighted by atomic mass is 9.78. The van der Waals surface area contributed by atoms with Crippen molar-refractivity contribution in [1.29, 1.82) is 0 Å². The van der Waals surface area contributed by atoms with Crippen LogP contribution < -0.4 is 0 Å². The summed E-state index contributed by atoms with van der Waals surface area (Å²) in [6.07, 6.45) is 45.9. The molecule has 74 heavy (non-hydrogen) atoms. The van der Waals surface area contributed by atoms with E-state index in [1.807, 2.05) is 0 Å². The Morgan fingerprint density at radius 3 is 0.824 bits per heavy atom. The van der Waals surface area contributed by atoms with Crippen molar-refractivity contribution in [3.05, 3.63) is 93.6 Å². The highest BCUT2D eigenvalue weighted by atomic mass is 14.3. The van der Waals surface area contributed by atoms with Crippen molar-refractivity contribution >= 4 is 0 Å². The van der Waals surface area contributed by atoms with Crippen molar-refractivity contribution in [2.45, 2.75) is 318 Å². The van der Waals surface area contributed by atoms with Crippen LogP contribution in [0.1, 0.15) is 315 Å². The molecule has 1 aromatic rings. The lowest BCUT2D eigenvalue weighted by molar-refractivity contribution is 0.233. The molecule has 0 aromatic heterocycles. The highest BCUT2D eigenvalue weighted by Gasteiger charge is 2.20. The van der Waals surface area contributed by atoms with Gasteiger partial charge in [-0.3, -0.25) is 0 Å². The molecular weight excluding hydrogens is 889 g/mol. The Balaban J connectivity index is -0.000000137. The Bertz CT molecular complexity index is 1420. The first kappa shape index (κ1) is 85.8. The normalized spacial score (nSPS) is 28.5. The number of rotatable bonds is 0. The standard InChI is InChI=1S/C12H16.C8H16.5C8H14.C6H12.8CH4/c1-9-3-5-12-8-10(2)4-6-11(12)7-9;6*1-7-3-5-8(2)6-4-7;1-5-3-6(2)4-5;;;;;;;;/h3,5,7,10H,4,6,8H2,1-2H3;7-8H,3-6H2,1-2H3;4*3,8H,4-6H2,1-2H3;3,5,7-8H,4,6H2,1-2H3;5-6H,3-4H2,1-2H3;8*1H4. The van der Waals surface area contributed by atoms with Crippen molar-refractivity contribution < 1.29 is 0 Å². The van der Waals surface area contributed by atoms with Crippen molar-refractivity contribution in [2.75, 3.05) is 0 Å². The van der Waals surface area contributed by atoms with E-state index < -0.39 is 0 Å². The molecule has 0 spiro atoms. The average Bonchev–Trinajstić information content (AvgIpc) is 3.28. The van der Waals surface area contributed by atoms with E-state index in [0.29, 0.717) is 0 Å². The first-order valence-corrected chi connectivity index (χ1v) is 28.7. The molecule has 0 heteroatoms. The van der Waals surface area contributed by atoms with E-state index in [9.17, 15) is 0 Å². The van der Waals surface area contributed by atoms with E-state index >= 15 is 0 Å². The van der Waals surface area contributed by atoms with Crippen LogP contribution in [0.15, 0.2) is 76.9 Å². The highest BCUT2D eigenvalue weighted by molar-refractivity contribution is 5.33. The predicted molar refractivity (Wildman–Crippen MR) is 354 cm³/mol. The number of fused-ring (bicyclic) bond motifs is 1. The van der Waals surface area contributed by atoms with Crippen LogP contribution in [0.3, 0.4) is 0 Å². The molecular formula is C74H146. The molecule has 1 aromatic carbocycles. The fourth-order valence-electron chi connectivity index (χ4n) is 10.3. The maximum absolute atomic E-state index is 2.37. The Labute approximate surface area is 474 Å². The zero-order valence-corrected chi connectivity index (χ0v) is 47.3. The van der Waals surface area contributed by atoms with Gasteiger partial charge >= 0.3 is 0 Å². The summed E-state index contributed by atoms with van der Waals surface area (Å²) in [4.78, 5) is 0. The van der Waals surface area contributed by atoms with E-state index in [-0.39, 0.29) is 59.4 Å². The second kappa shape index (κ2) is 49.2. The number of hydrogen-bond donors (Lipinski definition) is 0. The van der Waals surface area contributed by atoms with Gasteiger partial charge < -0.3 is 0 Å². The van der Waals surface area contributed by atoms with E-state index in [1.165, 1.54) is 153 Å². The van der Waals surface area contributed by atoms with Gasteiger partial charge in [0.25, 0.3) is 0 Å². The maximum Gasteiger partial charge on any atom is -0.0250 e. The smallest absolute Gasteiger partial charge is 0.0250 e. The van der Waals surface area contributed by atoms with Gasteiger partial charge in [0.15, 0.2) is 0 Å². The Kier molecular flexibility index (Phi) is 57.1. The van der Waals surface area contributed by atoms with Crippen molar-refractivity contribution in [3.8, 4) is 0 Å². The molecule has 7 atom stereocenters. The Hall–Kier alpha value is -2.08. The van der Waals surface area contributed by atoms with Crippen LogP contribution in [0.2, 0.25) is 0 Å². The van der Waals surface area contributed by atoms with Crippen molar-refractivity contribution in [1.82, 2.24) is 0 Å². The van der Waals surface area contributed by atoms with Gasteiger partial charge in [-0.2, -0.15) is 0 Å². The highest BCUT2D eigenvalue weighted by Crippen LogP contribution is 2.32. The van der Waals surface area contributed by atoms with Crippen LogP contribution >= 0.6 is 0 Å². The minimum absolute atomic E-state index is 0. The molecule has 0 heterocycles. The second-order valence-electron chi connectivity index (χ2n) is 24.8. The summed E-state index contributed by atoms with van der Waals surface area (Å²) in [5, 5.41) is 0. The largest absolute Gasteiger partial charge is 0.0854 e. The SMILES string of the molecule is C.C.C.C.C.C.C.C.CC1=CCC(C)CC1.CC1=CCC(C)CC1.CC1=CCC(C)CC1.CC1=CCC(C)CC1.CC1C=CC(C)CC1.CC1CC(C)C1.CC1CCC(C)CC1.Cc1ccc2c(c1)CCC(C)C2. The van der Waals surface area contributed by atoms with Crippen LogP contribution in [0.25, 0.3) is 0 Å². The van der Waals surface area contributed by atoms with E-state index in [1.54, 1.807) is 33.4 Å². The minimum Gasteiger partial charge on any atom is -0.0854 e. The zero-order chi connectivity index (χ0) is 49.0. The van der Waals surface area contributed by atoms with Gasteiger partial charge in [-0.25, -0.2) is 0 Å². The van der Waals surface area contributed by atoms with Gasteiger partial charge in [0.05, 0.1) is 0 Å². The quantitative estimate of drug-likeness (QED) is 0.227. The fraction of sp³-hybridized carbons (Fsp3) is 0.784. The van der Waals surface area contributed by atoms with Gasteiger partial charge in [-0.15, -0.1) is 0 Å². The first-order valence-electron chi connectivity index (χ1n) is 28.7. The Morgan fingerprint density at radius 2 is 0.595 bits per heavy atom. The third-order valence-electron chi connectivity index (χ3n) is 16.2. The summed E-state index contributed by atoms with van der Waals surface area (Å²) in [5.74, 6) is 10.5. The molecule has 442 valence electrons. The summed E-state index contributed by atoms with van der Waals surface area (Å²) >= 11 is 0. The third-order valence-corrected chi connectivity index (χ3v) is 16.2. The third kappa shape index (κ3) is 43.0. The van der Waals surface area contributed by atoms with Crippen LogP contribution in [0, 0.1) is 72.0 Å². The first-order chi connectivity index (χ1) is 31.3. The fourth-order valence-corrected chi connectivity index (χ4v) is 10.3. The lowest BCUT2D eigenvalue weighted by Gasteiger charge is -2.28. The molecule has 9 rings (SSSR count). The summed E-state index contributed by atoms with van der Waals surface area (Å²) < 4.78 is 0. The molecule has 0 nitrogen and oxygen atoms in total. The zero-order valence-electron chi connectivity index (χ0n) is 47.3. The molecule has 0 bridgehead atoms. The van der Waals surface area contributed by atoms with Crippen molar-refractivity contribution in [3.63, 3.8) is 0 Å². The molecule has 7 unspecified atom stereocenters. The average molecular weight is 1040 g/mol. The summed E-state index contributed by atoms with van der Waals surface area (Å²) in [5.41, 5.74) is 10.9. The number of hydrogen-bond acceptors (Lipinski definition) is 0. The lowest BCUT2D eigenvalue weighted by Crippen LogP contribution is -2.16. The van der Waals surface area contributed by atoms with Gasteiger partial charge in [0.2, 0.25) is 0 Å². The summed E-state index contributed by atoms with van der Waals surface area (Å²) in [7, 11) is 0. The van der Waals surface area contributed by atoms with Crippen LogP contribution in [-0.4, -0.2) is 0 Å². The van der Waals surface area contributed by atoms with E-state index in [4.69, 9.17) is 0 Å². The number of allylic oxidation sites excluding steroid dienone is 10. The van der Waals surface area contributed by atoms with Gasteiger partial charge in [-0.1, -0.05) is 244 Å². The van der Waals surface area contributed by atoms with Gasteiger partial charge in [0, 0.05) is 0 Å². The van der Waals surface area contributed by atoms with E-state index in [0.717, 1.165) is 65.1 Å². The predicted octanol–water partition coefficient (Wildman–Crippen LogP) is 26.7. The van der Waals surface area contributed by atoms with Gasteiger partial charge in [0.1, 0.15) is 0 Å². The molecule has 0 radical (unpaired) electrons. The second-order valence-corrected chi connectivity index (χ2v) is 24.8. The van der Waals surface area contributed by atoms with E-state index in [2.05, 4.69) is 165 Å². The molecule has 8 aliphatic carbocycles. The summed E-state index contributed by atoms with van der Waals surface area (Å²) in [6, 6.07) is 6.89. The molecule has 8 aliphatic rings.